The number of hydrogen-bond acceptors (Lipinski definition) is 4. The molecule has 0 spiro atoms. The van der Waals surface area contributed by atoms with Crippen LogP contribution in [0.2, 0.25) is 0 Å². The van der Waals surface area contributed by atoms with Gasteiger partial charge in [0.25, 0.3) is 5.91 Å². The van der Waals surface area contributed by atoms with Crippen LogP contribution < -0.4 is 10.6 Å². The average molecular weight is 279 g/mol. The van der Waals surface area contributed by atoms with Gasteiger partial charge in [0.05, 0.1) is 22.9 Å². The second-order valence-electron chi connectivity index (χ2n) is 4.89. The lowest BCUT2D eigenvalue weighted by Gasteiger charge is -2.27. The van der Waals surface area contributed by atoms with E-state index in [2.05, 4.69) is 4.98 Å². The number of anilines is 1. The summed E-state index contributed by atoms with van der Waals surface area (Å²) < 4.78 is 0. The highest BCUT2D eigenvalue weighted by molar-refractivity contribution is 5.99. The lowest BCUT2D eigenvalue weighted by molar-refractivity contribution is -0.140. The minimum atomic E-state index is -0.869. The number of pyridine rings is 1. The van der Waals surface area contributed by atoms with Crippen molar-refractivity contribution in [1.82, 2.24) is 4.98 Å². The maximum absolute atomic E-state index is 11.6. The van der Waals surface area contributed by atoms with Gasteiger partial charge >= 0.3 is 5.97 Å². The number of nitrogens with zero attached hydrogens (tertiary/aromatic N) is 2. The number of aliphatic carboxylic acids is 1. The van der Waals surface area contributed by atoms with Gasteiger partial charge in [-0.2, -0.15) is 0 Å². The van der Waals surface area contributed by atoms with E-state index in [9.17, 15) is 9.59 Å². The summed E-state index contributed by atoms with van der Waals surface area (Å²) in [4.78, 5) is 28.7. The summed E-state index contributed by atoms with van der Waals surface area (Å²) >= 11 is 0. The van der Waals surface area contributed by atoms with E-state index in [1.165, 1.54) is 0 Å². The van der Waals surface area contributed by atoms with Crippen LogP contribution in [-0.4, -0.2) is 35.1 Å². The molecule has 1 heterocycles. The third-order valence-corrected chi connectivity index (χ3v) is 3.19. The number of nitrogens with two attached hydrogens (primary N) is 1. The van der Waals surface area contributed by atoms with Crippen molar-refractivity contribution >= 4 is 17.6 Å². The Bertz CT molecular complexity index is 529. The van der Waals surface area contributed by atoms with E-state index >= 15 is 0 Å². The van der Waals surface area contributed by atoms with Crippen LogP contribution in [0.3, 0.4) is 0 Å². The molecule has 6 nitrogen and oxygen atoms in total. The van der Waals surface area contributed by atoms with E-state index < -0.39 is 17.8 Å². The lowest BCUT2D eigenvalue weighted by atomic mass is 10.1. The van der Waals surface area contributed by atoms with Crippen LogP contribution in [0.4, 0.5) is 5.69 Å². The zero-order valence-corrected chi connectivity index (χ0v) is 12.3. The van der Waals surface area contributed by atoms with Gasteiger partial charge in [-0.3, -0.25) is 14.6 Å². The Balaban J connectivity index is 3.27. The molecule has 20 heavy (non-hydrogen) atoms. The number of carboxylic acid groups (broad SMARTS) is 1. The smallest absolute Gasteiger partial charge is 0.308 e. The number of amides is 1. The number of primary amides is 1. The van der Waals surface area contributed by atoms with Crippen molar-refractivity contribution in [3.8, 4) is 0 Å². The van der Waals surface area contributed by atoms with Crippen molar-refractivity contribution in [3.05, 3.63) is 23.0 Å². The summed E-state index contributed by atoms with van der Waals surface area (Å²) in [7, 11) is 0. The van der Waals surface area contributed by atoms with Crippen molar-refractivity contribution < 1.29 is 14.7 Å². The Morgan fingerprint density at radius 1 is 1.45 bits per heavy atom. The molecule has 0 aliphatic heterocycles. The molecule has 0 radical (unpaired) electrons. The van der Waals surface area contributed by atoms with Gasteiger partial charge < -0.3 is 15.7 Å². The number of aryl methyl sites for hydroxylation is 2. The van der Waals surface area contributed by atoms with E-state index in [1.54, 1.807) is 19.9 Å². The fraction of sp³-hybridized carbons (Fsp3) is 0.500. The predicted molar refractivity (Wildman–Crippen MR) is 76.9 cm³/mol. The Kier molecular flexibility index (Phi) is 5.07. The lowest BCUT2D eigenvalue weighted by Crippen LogP contribution is -2.34. The van der Waals surface area contributed by atoms with E-state index in [1.807, 2.05) is 18.7 Å². The van der Waals surface area contributed by atoms with Crippen LogP contribution in [0.1, 0.15) is 35.6 Å². The van der Waals surface area contributed by atoms with E-state index in [-0.39, 0.29) is 0 Å². The van der Waals surface area contributed by atoms with Crippen LogP contribution >= 0.6 is 0 Å². The van der Waals surface area contributed by atoms with E-state index in [0.29, 0.717) is 30.0 Å². The maximum Gasteiger partial charge on any atom is 0.308 e. The minimum Gasteiger partial charge on any atom is -0.481 e. The molecule has 0 aliphatic rings. The van der Waals surface area contributed by atoms with Gasteiger partial charge in [-0.25, -0.2) is 0 Å². The van der Waals surface area contributed by atoms with E-state index in [4.69, 9.17) is 10.8 Å². The Labute approximate surface area is 118 Å². The molecule has 1 aromatic rings. The molecule has 1 aromatic heterocycles. The largest absolute Gasteiger partial charge is 0.481 e. The molecule has 0 aromatic carbocycles. The maximum atomic E-state index is 11.6. The van der Waals surface area contributed by atoms with Crippen LogP contribution in [0.15, 0.2) is 6.07 Å². The first-order chi connectivity index (χ1) is 9.27. The quantitative estimate of drug-likeness (QED) is 0.819. The van der Waals surface area contributed by atoms with Crippen molar-refractivity contribution in [2.45, 2.75) is 27.7 Å². The molecule has 1 amide bonds. The highest BCUT2D eigenvalue weighted by Crippen LogP contribution is 2.24. The molecule has 1 rings (SSSR count). The molecule has 0 bridgehead atoms. The molecular weight excluding hydrogens is 258 g/mol. The van der Waals surface area contributed by atoms with Gasteiger partial charge in [0.1, 0.15) is 0 Å². The number of aromatic nitrogens is 1. The Morgan fingerprint density at radius 3 is 2.50 bits per heavy atom. The zero-order chi connectivity index (χ0) is 15.4. The molecule has 110 valence electrons. The first-order valence-corrected chi connectivity index (χ1v) is 6.53. The van der Waals surface area contributed by atoms with Crippen molar-refractivity contribution in [2.75, 3.05) is 18.0 Å². The third kappa shape index (κ3) is 3.46. The van der Waals surface area contributed by atoms with Crippen molar-refractivity contribution in [3.63, 3.8) is 0 Å². The zero-order valence-electron chi connectivity index (χ0n) is 12.3. The average Bonchev–Trinajstić information content (AvgIpc) is 2.33. The molecule has 6 heteroatoms. The molecule has 0 aliphatic carbocycles. The summed E-state index contributed by atoms with van der Waals surface area (Å²) in [6.07, 6.45) is 0. The Hall–Kier alpha value is -2.11. The number of carboxylic acids is 1. The summed E-state index contributed by atoms with van der Waals surface area (Å²) in [5.74, 6) is -1.96. The second kappa shape index (κ2) is 6.36. The first-order valence-electron chi connectivity index (χ1n) is 6.53. The molecule has 1 unspecified atom stereocenters. The molecule has 0 fully saturated rings. The second-order valence-corrected chi connectivity index (χ2v) is 4.89. The minimum absolute atomic E-state index is 0.314. The van der Waals surface area contributed by atoms with Crippen molar-refractivity contribution in [2.24, 2.45) is 11.7 Å². The fourth-order valence-corrected chi connectivity index (χ4v) is 2.17. The molecule has 0 saturated carbocycles. The standard InChI is InChI=1S/C14H21N3O3/c1-5-17(7-8(2)14(19)20)11-6-9(3)16-10(4)12(11)13(15)18/h6,8H,5,7H2,1-4H3,(H2,15,18)(H,19,20). The summed E-state index contributed by atoms with van der Waals surface area (Å²) in [6, 6.07) is 1.77. The van der Waals surface area contributed by atoms with Crippen molar-refractivity contribution in [1.29, 1.82) is 0 Å². The highest BCUT2D eigenvalue weighted by atomic mass is 16.4. The monoisotopic (exact) mass is 279 g/mol. The normalized spacial score (nSPS) is 12.0. The molecular formula is C14H21N3O3. The van der Waals surface area contributed by atoms with Gasteiger partial charge in [-0.05, 0) is 26.8 Å². The molecule has 3 N–H and O–H groups in total. The topological polar surface area (TPSA) is 96.5 Å². The fourth-order valence-electron chi connectivity index (χ4n) is 2.17. The van der Waals surface area contributed by atoms with Crippen LogP contribution in [0.25, 0.3) is 0 Å². The van der Waals surface area contributed by atoms with Crippen LogP contribution in [0.5, 0.6) is 0 Å². The summed E-state index contributed by atoms with van der Waals surface area (Å²) in [5, 5.41) is 9.03. The van der Waals surface area contributed by atoms with Gasteiger partial charge in [-0.15, -0.1) is 0 Å². The summed E-state index contributed by atoms with van der Waals surface area (Å²) in [5.41, 5.74) is 7.77. The number of hydrogen-bond donors (Lipinski definition) is 2. The van der Waals surface area contributed by atoms with Gasteiger partial charge in [0.2, 0.25) is 0 Å². The number of carbonyl (C=O) groups is 2. The van der Waals surface area contributed by atoms with Gasteiger partial charge in [0, 0.05) is 18.8 Å². The van der Waals surface area contributed by atoms with Gasteiger partial charge in [-0.1, -0.05) is 6.92 Å². The Morgan fingerprint density at radius 2 is 2.05 bits per heavy atom. The number of rotatable bonds is 6. The SMILES string of the molecule is CCN(CC(C)C(=O)O)c1cc(C)nc(C)c1C(N)=O. The van der Waals surface area contributed by atoms with Crippen LogP contribution in [0, 0.1) is 19.8 Å². The predicted octanol–water partition coefficient (Wildman–Crippen LogP) is 1.34. The highest BCUT2D eigenvalue weighted by Gasteiger charge is 2.21. The molecule has 1 atom stereocenters. The summed E-state index contributed by atoms with van der Waals surface area (Å²) in [6.45, 7) is 8.00. The molecule has 0 saturated heterocycles. The number of carbonyl (C=O) groups excluding carboxylic acids is 1. The third-order valence-electron chi connectivity index (χ3n) is 3.19. The van der Waals surface area contributed by atoms with Gasteiger partial charge in [0.15, 0.2) is 0 Å². The first kappa shape index (κ1) is 15.9. The van der Waals surface area contributed by atoms with Crippen LogP contribution in [-0.2, 0) is 4.79 Å². The van der Waals surface area contributed by atoms with E-state index in [0.717, 1.165) is 5.69 Å².